The fourth-order valence-corrected chi connectivity index (χ4v) is 2.30. The van der Waals surface area contributed by atoms with Crippen LogP contribution in [0.25, 0.3) is 0 Å². The topological polar surface area (TPSA) is 55.1 Å². The van der Waals surface area contributed by atoms with Crippen LogP contribution >= 0.6 is 27.5 Å². The molecule has 0 spiro atoms. The van der Waals surface area contributed by atoms with Crippen molar-refractivity contribution < 1.29 is 9.18 Å². The largest absolute Gasteiger partial charge is 0.381 e. The fraction of sp³-hybridized carbons (Fsp3) is 0.0714. The van der Waals surface area contributed by atoms with E-state index in [4.69, 9.17) is 17.3 Å². The normalized spacial score (nSPS) is 10.3. The summed E-state index contributed by atoms with van der Waals surface area (Å²) in [6, 6.07) is 9.33. The molecule has 0 saturated heterocycles. The van der Waals surface area contributed by atoms with Crippen LogP contribution in [-0.2, 0) is 6.54 Å². The van der Waals surface area contributed by atoms with Crippen LogP contribution in [0.15, 0.2) is 40.9 Å². The number of anilines is 1. The van der Waals surface area contributed by atoms with Gasteiger partial charge in [-0.05, 0) is 42.0 Å². The van der Waals surface area contributed by atoms with Crippen LogP contribution in [0, 0.1) is 5.82 Å². The second-order valence-electron chi connectivity index (χ2n) is 4.15. The maximum absolute atomic E-state index is 13.2. The van der Waals surface area contributed by atoms with E-state index in [1.54, 1.807) is 24.3 Å². The molecule has 6 heteroatoms. The lowest BCUT2D eigenvalue weighted by atomic mass is 10.1. The van der Waals surface area contributed by atoms with E-state index in [2.05, 4.69) is 21.2 Å². The number of carbonyl (C=O) groups is 1. The van der Waals surface area contributed by atoms with Crippen molar-refractivity contribution in [3.8, 4) is 0 Å². The molecule has 1 amide bonds. The Morgan fingerprint density at radius 3 is 2.75 bits per heavy atom. The minimum Gasteiger partial charge on any atom is -0.381 e. The average Bonchev–Trinajstić information content (AvgIpc) is 2.41. The molecule has 2 aromatic rings. The number of benzene rings is 2. The van der Waals surface area contributed by atoms with Gasteiger partial charge in [-0.3, -0.25) is 4.79 Å². The quantitative estimate of drug-likeness (QED) is 0.870. The second kappa shape index (κ2) is 6.24. The predicted octanol–water partition coefficient (Wildman–Crippen LogP) is 3.95. The summed E-state index contributed by atoms with van der Waals surface area (Å²) < 4.78 is 14.0. The molecule has 0 radical (unpaired) electrons. The number of hydrogen-bond donors (Lipinski definition) is 2. The van der Waals surface area contributed by atoms with Crippen LogP contribution in [0.1, 0.15) is 15.9 Å². The molecule has 0 aromatic heterocycles. The highest BCUT2D eigenvalue weighted by atomic mass is 79.9. The maximum Gasteiger partial charge on any atom is 0.250 e. The van der Waals surface area contributed by atoms with Gasteiger partial charge in [0.25, 0.3) is 0 Å². The number of nitrogens with one attached hydrogen (secondary N) is 1. The molecule has 0 saturated carbocycles. The molecule has 3 N–H and O–H groups in total. The van der Waals surface area contributed by atoms with Crippen molar-refractivity contribution in [3.63, 3.8) is 0 Å². The number of carbonyl (C=O) groups excluding carboxylic acids is 1. The molecule has 0 unspecified atom stereocenters. The van der Waals surface area contributed by atoms with Crippen molar-refractivity contribution in [3.05, 3.63) is 62.8 Å². The number of rotatable bonds is 4. The molecule has 0 bridgehead atoms. The van der Waals surface area contributed by atoms with Gasteiger partial charge in [0.05, 0.1) is 10.6 Å². The first-order valence-corrected chi connectivity index (χ1v) is 6.91. The molecular weight excluding hydrogens is 347 g/mol. The molecule has 0 aliphatic heterocycles. The SMILES string of the molecule is NC(=O)c1cc(NCc2cc(F)ccc2Br)ccc1Cl. The van der Waals surface area contributed by atoms with E-state index in [9.17, 15) is 9.18 Å². The van der Waals surface area contributed by atoms with Gasteiger partial charge < -0.3 is 11.1 Å². The predicted molar refractivity (Wildman–Crippen MR) is 81.4 cm³/mol. The lowest BCUT2D eigenvalue weighted by Gasteiger charge is -2.10. The summed E-state index contributed by atoms with van der Waals surface area (Å²) in [7, 11) is 0. The van der Waals surface area contributed by atoms with Crippen molar-refractivity contribution in [2.75, 3.05) is 5.32 Å². The van der Waals surface area contributed by atoms with Gasteiger partial charge in [0.1, 0.15) is 5.82 Å². The van der Waals surface area contributed by atoms with E-state index in [-0.39, 0.29) is 11.4 Å². The van der Waals surface area contributed by atoms with Gasteiger partial charge in [-0.2, -0.15) is 0 Å². The van der Waals surface area contributed by atoms with Crippen LogP contribution in [-0.4, -0.2) is 5.91 Å². The Balaban J connectivity index is 2.17. The highest BCUT2D eigenvalue weighted by Gasteiger charge is 2.08. The van der Waals surface area contributed by atoms with Crippen LogP contribution in [0.2, 0.25) is 5.02 Å². The Morgan fingerprint density at radius 1 is 1.30 bits per heavy atom. The summed E-state index contributed by atoms with van der Waals surface area (Å²) in [4.78, 5) is 11.2. The van der Waals surface area contributed by atoms with Crippen molar-refractivity contribution in [2.45, 2.75) is 6.54 Å². The first kappa shape index (κ1) is 14.8. The number of hydrogen-bond acceptors (Lipinski definition) is 2. The van der Waals surface area contributed by atoms with E-state index in [1.165, 1.54) is 12.1 Å². The van der Waals surface area contributed by atoms with E-state index >= 15 is 0 Å². The van der Waals surface area contributed by atoms with Gasteiger partial charge >= 0.3 is 0 Å². The third-order valence-electron chi connectivity index (χ3n) is 2.72. The zero-order valence-corrected chi connectivity index (χ0v) is 12.6. The summed E-state index contributed by atoms with van der Waals surface area (Å²) in [5, 5.41) is 3.39. The zero-order chi connectivity index (χ0) is 14.7. The van der Waals surface area contributed by atoms with Crippen LogP contribution in [0.3, 0.4) is 0 Å². The van der Waals surface area contributed by atoms with E-state index in [1.807, 2.05) is 0 Å². The van der Waals surface area contributed by atoms with Crippen LogP contribution in [0.4, 0.5) is 10.1 Å². The molecule has 2 rings (SSSR count). The monoisotopic (exact) mass is 356 g/mol. The van der Waals surface area contributed by atoms with Crippen molar-refractivity contribution in [2.24, 2.45) is 5.73 Å². The number of amides is 1. The standard InChI is InChI=1S/C14H11BrClFN2O/c15-12-3-1-9(17)5-8(12)7-19-10-2-4-13(16)11(6-10)14(18)20/h1-6,19H,7H2,(H2,18,20). The van der Waals surface area contributed by atoms with Crippen molar-refractivity contribution in [1.82, 2.24) is 0 Å². The molecule has 0 aliphatic rings. The Morgan fingerprint density at radius 2 is 2.05 bits per heavy atom. The summed E-state index contributed by atoms with van der Waals surface area (Å²) in [6.07, 6.45) is 0. The molecule has 20 heavy (non-hydrogen) atoms. The summed E-state index contributed by atoms with van der Waals surface area (Å²) in [5.41, 5.74) is 6.92. The van der Waals surface area contributed by atoms with Crippen LogP contribution < -0.4 is 11.1 Å². The van der Waals surface area contributed by atoms with Gasteiger partial charge in [-0.25, -0.2) is 4.39 Å². The van der Waals surface area contributed by atoms with Gasteiger partial charge in [0, 0.05) is 16.7 Å². The molecule has 2 aromatic carbocycles. The Kier molecular flexibility index (Phi) is 4.62. The molecule has 0 fully saturated rings. The molecular formula is C14H11BrClFN2O. The second-order valence-corrected chi connectivity index (χ2v) is 5.41. The Bertz CT molecular complexity index is 664. The molecule has 0 aliphatic carbocycles. The third kappa shape index (κ3) is 3.49. The fourth-order valence-electron chi connectivity index (χ4n) is 1.70. The van der Waals surface area contributed by atoms with E-state index in [0.717, 1.165) is 10.0 Å². The third-order valence-corrected chi connectivity index (χ3v) is 3.83. The number of nitrogens with two attached hydrogens (primary N) is 1. The van der Waals surface area contributed by atoms with E-state index in [0.29, 0.717) is 17.3 Å². The summed E-state index contributed by atoms with van der Waals surface area (Å²) in [6.45, 7) is 0.401. The average molecular weight is 358 g/mol. The lowest BCUT2D eigenvalue weighted by molar-refractivity contribution is 0.100. The van der Waals surface area contributed by atoms with Gasteiger partial charge in [-0.15, -0.1) is 0 Å². The van der Waals surface area contributed by atoms with Crippen LogP contribution in [0.5, 0.6) is 0 Å². The Hall–Kier alpha value is -1.59. The van der Waals surface area contributed by atoms with Gasteiger partial charge in [-0.1, -0.05) is 27.5 Å². The highest BCUT2D eigenvalue weighted by molar-refractivity contribution is 9.10. The van der Waals surface area contributed by atoms with E-state index < -0.39 is 5.91 Å². The van der Waals surface area contributed by atoms with Crippen molar-refractivity contribution in [1.29, 1.82) is 0 Å². The lowest BCUT2D eigenvalue weighted by Crippen LogP contribution is -2.12. The van der Waals surface area contributed by atoms with Gasteiger partial charge in [0.2, 0.25) is 5.91 Å². The zero-order valence-electron chi connectivity index (χ0n) is 10.3. The number of primary amides is 1. The summed E-state index contributed by atoms with van der Waals surface area (Å²) >= 11 is 9.22. The minimum atomic E-state index is -0.592. The molecule has 3 nitrogen and oxygen atoms in total. The first-order chi connectivity index (χ1) is 9.47. The maximum atomic E-state index is 13.2. The molecule has 0 atom stereocenters. The highest BCUT2D eigenvalue weighted by Crippen LogP contribution is 2.22. The van der Waals surface area contributed by atoms with Gasteiger partial charge in [0.15, 0.2) is 0 Å². The minimum absolute atomic E-state index is 0.245. The summed E-state index contributed by atoms with van der Waals surface area (Å²) in [5.74, 6) is -0.899. The molecule has 0 heterocycles. The first-order valence-electron chi connectivity index (χ1n) is 5.74. The smallest absolute Gasteiger partial charge is 0.250 e. The molecule has 104 valence electrons. The Labute approximate surface area is 129 Å². The number of halogens is 3. The van der Waals surface area contributed by atoms with Crippen molar-refractivity contribution >= 4 is 39.1 Å².